The Morgan fingerprint density at radius 1 is 0.974 bits per heavy atom. The predicted molar refractivity (Wildman–Crippen MR) is 153 cm³/mol. The topological polar surface area (TPSA) is 96.0 Å². The number of carbonyl (C=O) groups excluding carboxylic acids is 2. The molecule has 0 aliphatic heterocycles. The van der Waals surface area contributed by atoms with Crippen molar-refractivity contribution in [2.24, 2.45) is 0 Å². The lowest BCUT2D eigenvalue weighted by Crippen LogP contribution is -2.52. The molecular formula is C29H34ClN3O5S. The van der Waals surface area contributed by atoms with Crippen molar-refractivity contribution in [3.8, 4) is 5.75 Å². The molecule has 3 aromatic carbocycles. The summed E-state index contributed by atoms with van der Waals surface area (Å²) < 4.78 is 33.9. The van der Waals surface area contributed by atoms with Crippen LogP contribution in [0.15, 0.2) is 77.7 Å². The van der Waals surface area contributed by atoms with E-state index in [4.69, 9.17) is 16.3 Å². The number of rotatable bonds is 11. The Kier molecular flexibility index (Phi) is 9.99. The van der Waals surface area contributed by atoms with Gasteiger partial charge in [0, 0.05) is 17.6 Å². The number of nitrogens with one attached hydrogen (secondary N) is 1. The Labute approximate surface area is 235 Å². The van der Waals surface area contributed by atoms with Crippen molar-refractivity contribution in [2.75, 3.05) is 18.0 Å². The summed E-state index contributed by atoms with van der Waals surface area (Å²) in [6.45, 7) is 6.81. The first-order valence-electron chi connectivity index (χ1n) is 12.5. The summed E-state index contributed by atoms with van der Waals surface area (Å²) >= 11 is 6.20. The smallest absolute Gasteiger partial charge is 0.264 e. The van der Waals surface area contributed by atoms with E-state index in [0.717, 1.165) is 15.4 Å². The molecule has 0 aliphatic rings. The van der Waals surface area contributed by atoms with E-state index in [1.807, 2.05) is 45.0 Å². The quantitative estimate of drug-likeness (QED) is 0.357. The van der Waals surface area contributed by atoms with Gasteiger partial charge in [-0.25, -0.2) is 8.42 Å². The summed E-state index contributed by atoms with van der Waals surface area (Å²) in [5, 5.41) is 3.16. The number of benzene rings is 3. The average Bonchev–Trinajstić information content (AvgIpc) is 2.90. The monoisotopic (exact) mass is 571 g/mol. The molecular weight excluding hydrogens is 538 g/mol. The third kappa shape index (κ3) is 7.52. The van der Waals surface area contributed by atoms with E-state index in [1.54, 1.807) is 25.1 Å². The SMILES string of the molecule is COc1ccc(S(=O)(=O)N(CC(=O)N(Cc2ccccc2C)[C@H](C)C(=O)NC(C)C)c2cccc(Cl)c2)cc1. The van der Waals surface area contributed by atoms with Crippen LogP contribution in [0.4, 0.5) is 5.69 Å². The minimum absolute atomic E-state index is 0.0212. The number of amides is 2. The number of nitrogens with zero attached hydrogens (tertiary/aromatic N) is 2. The van der Waals surface area contributed by atoms with E-state index in [2.05, 4.69) is 5.32 Å². The molecule has 0 spiro atoms. The number of hydrogen-bond acceptors (Lipinski definition) is 5. The number of methoxy groups -OCH3 is 1. The zero-order valence-corrected chi connectivity index (χ0v) is 24.3. The second kappa shape index (κ2) is 13.0. The van der Waals surface area contributed by atoms with Gasteiger partial charge in [0.25, 0.3) is 10.0 Å². The zero-order valence-electron chi connectivity index (χ0n) is 22.7. The summed E-state index contributed by atoms with van der Waals surface area (Å²) in [4.78, 5) is 28.3. The number of carbonyl (C=O) groups is 2. The molecule has 0 aliphatic carbocycles. The molecule has 39 heavy (non-hydrogen) atoms. The maximum Gasteiger partial charge on any atom is 0.264 e. The number of anilines is 1. The van der Waals surface area contributed by atoms with Gasteiger partial charge in [-0.05, 0) is 81.3 Å². The van der Waals surface area contributed by atoms with Gasteiger partial charge in [-0.15, -0.1) is 0 Å². The van der Waals surface area contributed by atoms with Crippen LogP contribution in [-0.2, 0) is 26.2 Å². The van der Waals surface area contributed by atoms with Gasteiger partial charge in [-0.1, -0.05) is 41.9 Å². The van der Waals surface area contributed by atoms with E-state index >= 15 is 0 Å². The molecule has 1 N–H and O–H groups in total. The van der Waals surface area contributed by atoms with Crippen LogP contribution in [0.2, 0.25) is 5.02 Å². The first kappa shape index (κ1) is 30.0. The van der Waals surface area contributed by atoms with Crippen molar-refractivity contribution in [3.63, 3.8) is 0 Å². The van der Waals surface area contributed by atoms with E-state index < -0.39 is 28.5 Å². The average molecular weight is 572 g/mol. The van der Waals surface area contributed by atoms with Gasteiger partial charge in [0.05, 0.1) is 17.7 Å². The van der Waals surface area contributed by atoms with Gasteiger partial charge in [-0.2, -0.15) is 0 Å². The Hall–Kier alpha value is -3.56. The van der Waals surface area contributed by atoms with Crippen molar-refractivity contribution in [1.29, 1.82) is 0 Å². The molecule has 0 bridgehead atoms. The maximum absolute atomic E-state index is 13.9. The number of halogens is 1. The van der Waals surface area contributed by atoms with Crippen molar-refractivity contribution < 1.29 is 22.7 Å². The van der Waals surface area contributed by atoms with Crippen molar-refractivity contribution >= 4 is 39.1 Å². The second-order valence-corrected chi connectivity index (χ2v) is 11.8. The van der Waals surface area contributed by atoms with Crippen molar-refractivity contribution in [1.82, 2.24) is 10.2 Å². The summed E-state index contributed by atoms with van der Waals surface area (Å²) in [5.41, 5.74) is 2.02. The molecule has 0 saturated heterocycles. The molecule has 0 heterocycles. The molecule has 10 heteroatoms. The number of aryl methyl sites for hydroxylation is 1. The predicted octanol–water partition coefficient (Wildman–Crippen LogP) is 4.79. The second-order valence-electron chi connectivity index (χ2n) is 9.45. The van der Waals surface area contributed by atoms with Crippen molar-refractivity contribution in [2.45, 2.75) is 51.2 Å². The third-order valence-electron chi connectivity index (χ3n) is 6.22. The largest absolute Gasteiger partial charge is 0.497 e. The summed E-state index contributed by atoms with van der Waals surface area (Å²) in [6, 6.07) is 18.8. The normalized spacial score (nSPS) is 12.1. The van der Waals surface area contributed by atoms with Gasteiger partial charge in [0.2, 0.25) is 11.8 Å². The van der Waals surface area contributed by atoms with Crippen molar-refractivity contribution in [3.05, 3.63) is 88.9 Å². The van der Waals surface area contributed by atoms with E-state index in [9.17, 15) is 18.0 Å². The van der Waals surface area contributed by atoms with Gasteiger partial charge in [0.15, 0.2) is 0 Å². The van der Waals surface area contributed by atoms with Crippen LogP contribution < -0.4 is 14.4 Å². The van der Waals surface area contributed by atoms with E-state index in [1.165, 1.54) is 42.3 Å². The highest BCUT2D eigenvalue weighted by molar-refractivity contribution is 7.92. The number of sulfonamides is 1. The number of hydrogen-bond donors (Lipinski definition) is 1. The molecule has 0 aromatic heterocycles. The zero-order chi connectivity index (χ0) is 28.7. The molecule has 8 nitrogen and oxygen atoms in total. The first-order valence-corrected chi connectivity index (χ1v) is 14.3. The highest BCUT2D eigenvalue weighted by Gasteiger charge is 2.33. The van der Waals surface area contributed by atoms with E-state index in [0.29, 0.717) is 10.8 Å². The van der Waals surface area contributed by atoms with Gasteiger partial charge >= 0.3 is 0 Å². The molecule has 2 amide bonds. The molecule has 0 unspecified atom stereocenters. The number of ether oxygens (including phenoxy) is 1. The Balaban J connectivity index is 2.04. The highest BCUT2D eigenvalue weighted by atomic mass is 35.5. The lowest BCUT2D eigenvalue weighted by molar-refractivity contribution is -0.139. The maximum atomic E-state index is 13.9. The van der Waals surface area contributed by atoms with Crippen LogP contribution in [0.5, 0.6) is 5.75 Å². The van der Waals surface area contributed by atoms with E-state index in [-0.39, 0.29) is 29.1 Å². The fourth-order valence-corrected chi connectivity index (χ4v) is 5.58. The molecule has 3 aromatic rings. The standard InChI is InChI=1S/C29H34ClN3O5S/c1-20(2)31-29(35)22(4)32(18-23-10-7-6-9-21(23)3)28(34)19-33(25-12-8-11-24(30)17-25)39(36,37)27-15-13-26(38-5)14-16-27/h6-17,20,22H,18-19H2,1-5H3,(H,31,35)/t22-/m1/s1. The van der Waals surface area contributed by atoms with Gasteiger partial charge in [-0.3, -0.25) is 13.9 Å². The van der Waals surface area contributed by atoms with Crippen LogP contribution in [0.25, 0.3) is 0 Å². The highest BCUT2D eigenvalue weighted by Crippen LogP contribution is 2.28. The Bertz CT molecular complexity index is 1410. The summed E-state index contributed by atoms with van der Waals surface area (Å²) in [7, 11) is -2.71. The lowest BCUT2D eigenvalue weighted by atomic mass is 10.1. The molecule has 0 radical (unpaired) electrons. The fourth-order valence-electron chi connectivity index (χ4n) is 3.99. The fraction of sp³-hybridized carbons (Fsp3) is 0.310. The molecule has 0 saturated carbocycles. The third-order valence-corrected chi connectivity index (χ3v) is 8.25. The Morgan fingerprint density at radius 3 is 2.23 bits per heavy atom. The molecule has 1 atom stereocenters. The van der Waals surface area contributed by atoms with Gasteiger partial charge in [0.1, 0.15) is 18.3 Å². The molecule has 208 valence electrons. The van der Waals surface area contributed by atoms with Crippen LogP contribution in [0, 0.1) is 6.92 Å². The van der Waals surface area contributed by atoms with Crippen LogP contribution >= 0.6 is 11.6 Å². The van der Waals surface area contributed by atoms with Crippen LogP contribution in [-0.4, -0.2) is 50.9 Å². The minimum Gasteiger partial charge on any atom is -0.497 e. The Morgan fingerprint density at radius 2 is 1.64 bits per heavy atom. The lowest BCUT2D eigenvalue weighted by Gasteiger charge is -2.32. The minimum atomic E-state index is -4.20. The molecule has 0 fully saturated rings. The molecule has 3 rings (SSSR count). The summed E-state index contributed by atoms with van der Waals surface area (Å²) in [6.07, 6.45) is 0. The van der Waals surface area contributed by atoms with Crippen LogP contribution in [0.3, 0.4) is 0 Å². The summed E-state index contributed by atoms with van der Waals surface area (Å²) in [5.74, 6) is -0.380. The first-order chi connectivity index (χ1) is 18.4. The van der Waals surface area contributed by atoms with Gasteiger partial charge < -0.3 is 15.0 Å². The van der Waals surface area contributed by atoms with Crippen LogP contribution in [0.1, 0.15) is 31.9 Å².